The van der Waals surface area contributed by atoms with Crippen molar-refractivity contribution in [2.24, 2.45) is 0 Å². The third-order valence-electron chi connectivity index (χ3n) is 3.42. The van der Waals surface area contributed by atoms with E-state index in [9.17, 15) is 4.79 Å². The number of aryl methyl sites for hydroxylation is 1. The molecule has 0 spiro atoms. The number of nitrogens with one attached hydrogen (secondary N) is 2. The van der Waals surface area contributed by atoms with Crippen molar-refractivity contribution in [2.45, 2.75) is 45.6 Å². The average molecular weight is 292 g/mol. The van der Waals surface area contributed by atoms with E-state index < -0.39 is 0 Å². The van der Waals surface area contributed by atoms with E-state index >= 15 is 0 Å². The van der Waals surface area contributed by atoms with Crippen LogP contribution in [0.25, 0.3) is 0 Å². The largest absolute Gasteiger partial charge is 0.376 e. The van der Waals surface area contributed by atoms with Gasteiger partial charge in [0.15, 0.2) is 0 Å². The Morgan fingerprint density at radius 3 is 3.05 bits per heavy atom. The van der Waals surface area contributed by atoms with Crippen molar-refractivity contribution in [3.8, 4) is 0 Å². The molecular formula is C15H24N4O2. The van der Waals surface area contributed by atoms with Crippen LogP contribution < -0.4 is 10.6 Å². The van der Waals surface area contributed by atoms with E-state index in [2.05, 4.69) is 27.5 Å². The molecule has 1 aliphatic heterocycles. The van der Waals surface area contributed by atoms with Crippen molar-refractivity contribution in [1.29, 1.82) is 0 Å². The number of aromatic nitrogens is 2. The zero-order valence-electron chi connectivity index (χ0n) is 12.8. The average Bonchev–Trinajstić information content (AvgIpc) is 2.98. The Bertz CT molecular complexity index is 473. The van der Waals surface area contributed by atoms with Gasteiger partial charge in [-0.15, -0.1) is 0 Å². The van der Waals surface area contributed by atoms with Crippen LogP contribution in [0.15, 0.2) is 6.07 Å². The lowest BCUT2D eigenvalue weighted by molar-refractivity contribution is 0.0853. The summed E-state index contributed by atoms with van der Waals surface area (Å²) in [4.78, 5) is 20.7. The highest BCUT2D eigenvalue weighted by atomic mass is 16.5. The molecule has 1 atom stereocenters. The summed E-state index contributed by atoms with van der Waals surface area (Å²) < 4.78 is 5.49. The van der Waals surface area contributed by atoms with Gasteiger partial charge in [-0.1, -0.05) is 13.3 Å². The maximum Gasteiger partial charge on any atom is 0.270 e. The summed E-state index contributed by atoms with van der Waals surface area (Å²) in [6.45, 7) is 6.11. The van der Waals surface area contributed by atoms with Gasteiger partial charge in [0, 0.05) is 25.8 Å². The van der Waals surface area contributed by atoms with Crippen molar-refractivity contribution < 1.29 is 9.53 Å². The smallest absolute Gasteiger partial charge is 0.270 e. The van der Waals surface area contributed by atoms with Crippen molar-refractivity contribution in [3.05, 3.63) is 17.6 Å². The topological polar surface area (TPSA) is 76.1 Å². The summed E-state index contributed by atoms with van der Waals surface area (Å²) in [5.41, 5.74) is 0.402. The molecule has 2 N–H and O–H groups in total. The molecule has 0 aliphatic carbocycles. The Hall–Kier alpha value is -1.69. The standard InChI is InChI=1S/C15H24N4O2/c1-3-4-7-16-14-9-13(18-11(2)19-14)15(20)17-10-12-6-5-8-21-12/h9,12H,3-8,10H2,1-2H3,(H,17,20)(H,16,18,19). The molecule has 0 saturated carbocycles. The van der Waals surface area contributed by atoms with Crippen LogP contribution in [0.3, 0.4) is 0 Å². The number of hydrogen-bond donors (Lipinski definition) is 2. The second-order valence-electron chi connectivity index (χ2n) is 5.31. The molecule has 21 heavy (non-hydrogen) atoms. The lowest BCUT2D eigenvalue weighted by Crippen LogP contribution is -2.32. The van der Waals surface area contributed by atoms with E-state index in [4.69, 9.17) is 4.74 Å². The summed E-state index contributed by atoms with van der Waals surface area (Å²) in [6.07, 6.45) is 4.40. The van der Waals surface area contributed by atoms with Crippen LogP contribution in [0.4, 0.5) is 5.82 Å². The molecule has 1 amide bonds. The van der Waals surface area contributed by atoms with Crippen molar-refractivity contribution >= 4 is 11.7 Å². The fourth-order valence-electron chi connectivity index (χ4n) is 2.27. The minimum Gasteiger partial charge on any atom is -0.376 e. The van der Waals surface area contributed by atoms with Crippen LogP contribution in [0.1, 0.15) is 48.9 Å². The first-order valence-electron chi connectivity index (χ1n) is 7.68. The van der Waals surface area contributed by atoms with Gasteiger partial charge in [-0.25, -0.2) is 9.97 Å². The monoisotopic (exact) mass is 292 g/mol. The number of amides is 1. The molecule has 1 saturated heterocycles. The van der Waals surface area contributed by atoms with E-state index in [1.165, 1.54) is 0 Å². The molecule has 2 heterocycles. The zero-order valence-corrected chi connectivity index (χ0v) is 12.8. The van der Waals surface area contributed by atoms with Crippen LogP contribution in [-0.4, -0.2) is 41.7 Å². The number of anilines is 1. The van der Waals surface area contributed by atoms with Gasteiger partial charge >= 0.3 is 0 Å². The number of unbranched alkanes of at least 4 members (excludes halogenated alkanes) is 1. The highest BCUT2D eigenvalue weighted by molar-refractivity contribution is 5.92. The second kappa shape index (κ2) is 7.93. The molecule has 1 fully saturated rings. The van der Waals surface area contributed by atoms with Crippen LogP contribution in [0.2, 0.25) is 0 Å². The molecule has 1 aliphatic rings. The van der Waals surface area contributed by atoms with E-state index in [-0.39, 0.29) is 12.0 Å². The maximum absolute atomic E-state index is 12.2. The lowest BCUT2D eigenvalue weighted by atomic mass is 10.2. The normalized spacial score (nSPS) is 17.7. The quantitative estimate of drug-likeness (QED) is 0.751. The molecule has 0 aromatic carbocycles. The number of carbonyl (C=O) groups is 1. The van der Waals surface area contributed by atoms with Crippen molar-refractivity contribution in [3.63, 3.8) is 0 Å². The third-order valence-corrected chi connectivity index (χ3v) is 3.42. The molecule has 116 valence electrons. The van der Waals surface area contributed by atoms with E-state index in [0.717, 1.165) is 38.8 Å². The predicted molar refractivity (Wildman–Crippen MR) is 81.5 cm³/mol. The molecule has 2 rings (SSSR count). The van der Waals surface area contributed by atoms with Crippen LogP contribution in [0, 0.1) is 6.92 Å². The van der Waals surface area contributed by atoms with Gasteiger partial charge in [-0.2, -0.15) is 0 Å². The minimum atomic E-state index is -0.172. The van der Waals surface area contributed by atoms with Gasteiger partial charge in [-0.05, 0) is 26.2 Å². The Balaban J connectivity index is 1.92. The van der Waals surface area contributed by atoms with E-state index in [0.29, 0.717) is 23.9 Å². The minimum absolute atomic E-state index is 0.138. The van der Waals surface area contributed by atoms with Gasteiger partial charge < -0.3 is 15.4 Å². The number of nitrogens with zero attached hydrogens (tertiary/aromatic N) is 2. The third kappa shape index (κ3) is 4.97. The summed E-state index contributed by atoms with van der Waals surface area (Å²) in [6, 6.07) is 1.70. The second-order valence-corrected chi connectivity index (χ2v) is 5.31. The summed E-state index contributed by atoms with van der Waals surface area (Å²) in [5.74, 6) is 1.13. The number of rotatable bonds is 7. The highest BCUT2D eigenvalue weighted by Gasteiger charge is 2.17. The van der Waals surface area contributed by atoms with Gasteiger partial charge in [0.25, 0.3) is 5.91 Å². The van der Waals surface area contributed by atoms with E-state index in [1.54, 1.807) is 13.0 Å². The first-order valence-corrected chi connectivity index (χ1v) is 7.68. The summed E-state index contributed by atoms with van der Waals surface area (Å²) in [5, 5.41) is 6.10. The first-order chi connectivity index (χ1) is 10.2. The van der Waals surface area contributed by atoms with Gasteiger partial charge in [-0.3, -0.25) is 4.79 Å². The van der Waals surface area contributed by atoms with Gasteiger partial charge in [0.05, 0.1) is 6.10 Å². The predicted octanol–water partition coefficient (Wildman–Crippen LogP) is 1.91. The Morgan fingerprint density at radius 1 is 1.48 bits per heavy atom. The van der Waals surface area contributed by atoms with Crippen molar-refractivity contribution in [2.75, 3.05) is 25.0 Å². The fourth-order valence-corrected chi connectivity index (χ4v) is 2.27. The Morgan fingerprint density at radius 2 is 2.33 bits per heavy atom. The molecule has 1 unspecified atom stereocenters. The molecular weight excluding hydrogens is 268 g/mol. The first kappa shape index (κ1) is 15.7. The van der Waals surface area contributed by atoms with Crippen molar-refractivity contribution in [1.82, 2.24) is 15.3 Å². The number of carbonyl (C=O) groups excluding carboxylic acids is 1. The zero-order chi connectivity index (χ0) is 15.1. The van der Waals surface area contributed by atoms with Crippen LogP contribution in [-0.2, 0) is 4.74 Å². The molecule has 1 aromatic rings. The SMILES string of the molecule is CCCCNc1cc(C(=O)NCC2CCCO2)nc(C)n1. The lowest BCUT2D eigenvalue weighted by Gasteiger charge is -2.11. The Labute approximate surface area is 125 Å². The molecule has 0 radical (unpaired) electrons. The fraction of sp³-hybridized carbons (Fsp3) is 0.667. The maximum atomic E-state index is 12.2. The van der Waals surface area contributed by atoms with Crippen LogP contribution >= 0.6 is 0 Å². The molecule has 6 heteroatoms. The number of ether oxygens (including phenoxy) is 1. The highest BCUT2D eigenvalue weighted by Crippen LogP contribution is 2.11. The van der Waals surface area contributed by atoms with Gasteiger partial charge in [0.1, 0.15) is 17.3 Å². The molecule has 6 nitrogen and oxygen atoms in total. The summed E-state index contributed by atoms with van der Waals surface area (Å²) in [7, 11) is 0. The molecule has 1 aromatic heterocycles. The molecule has 0 bridgehead atoms. The summed E-state index contributed by atoms with van der Waals surface area (Å²) >= 11 is 0. The number of hydrogen-bond acceptors (Lipinski definition) is 5. The van der Waals surface area contributed by atoms with Gasteiger partial charge in [0.2, 0.25) is 0 Å². The van der Waals surface area contributed by atoms with E-state index in [1.807, 2.05) is 0 Å². The van der Waals surface area contributed by atoms with Crippen LogP contribution in [0.5, 0.6) is 0 Å². The Kier molecular flexibility index (Phi) is 5.92.